The summed E-state index contributed by atoms with van der Waals surface area (Å²) < 4.78 is 16.3. The zero-order valence-corrected chi connectivity index (χ0v) is 27.7. The van der Waals surface area contributed by atoms with E-state index in [1.54, 1.807) is 86.6 Å². The number of carbonyl (C=O) groups is 3. The number of rotatable bonds is 13. The van der Waals surface area contributed by atoms with E-state index in [4.69, 9.17) is 14.2 Å². The number of non-ortho nitro benzene ring substituents is 1. The van der Waals surface area contributed by atoms with Crippen molar-refractivity contribution in [1.29, 1.82) is 0 Å². The monoisotopic (exact) mass is 670 g/mol. The number of nitro groups is 1. The van der Waals surface area contributed by atoms with E-state index in [1.807, 2.05) is 0 Å². The first kappa shape index (κ1) is 35.0. The molecule has 1 atom stereocenters. The highest BCUT2D eigenvalue weighted by molar-refractivity contribution is 8.00. The van der Waals surface area contributed by atoms with Gasteiger partial charge in [0, 0.05) is 39.9 Å². The maximum absolute atomic E-state index is 13.6. The minimum atomic E-state index is -0.600. The Morgan fingerprint density at radius 1 is 0.833 bits per heavy atom. The molecule has 4 rings (SSSR count). The van der Waals surface area contributed by atoms with Crippen LogP contribution in [0.25, 0.3) is 6.08 Å². The van der Waals surface area contributed by atoms with E-state index in [-0.39, 0.29) is 17.3 Å². The van der Waals surface area contributed by atoms with Gasteiger partial charge in [0.25, 0.3) is 17.5 Å². The number of amides is 3. The van der Waals surface area contributed by atoms with Crippen LogP contribution in [0.2, 0.25) is 0 Å². The van der Waals surface area contributed by atoms with Crippen molar-refractivity contribution in [3.8, 4) is 17.2 Å². The number of hydrogen-bond donors (Lipinski definition) is 3. The van der Waals surface area contributed by atoms with Crippen LogP contribution in [-0.4, -0.2) is 49.2 Å². The number of aryl methyl sites for hydroxylation is 1. The van der Waals surface area contributed by atoms with Gasteiger partial charge in [-0.3, -0.25) is 24.5 Å². The Hall–Kier alpha value is -5.82. The highest BCUT2D eigenvalue weighted by atomic mass is 32.2. The first-order valence-corrected chi connectivity index (χ1v) is 15.4. The van der Waals surface area contributed by atoms with Gasteiger partial charge in [0.1, 0.15) is 11.4 Å². The van der Waals surface area contributed by atoms with Crippen LogP contribution in [0, 0.1) is 17.0 Å². The van der Waals surface area contributed by atoms with Crippen molar-refractivity contribution in [2.24, 2.45) is 0 Å². The molecular weight excluding hydrogens is 636 g/mol. The molecule has 48 heavy (non-hydrogen) atoms. The molecule has 3 amide bonds. The molecular formula is C35H34N4O8S. The van der Waals surface area contributed by atoms with Gasteiger partial charge < -0.3 is 30.2 Å². The van der Waals surface area contributed by atoms with E-state index in [2.05, 4.69) is 16.0 Å². The molecule has 0 heterocycles. The molecule has 0 aliphatic carbocycles. The third kappa shape index (κ3) is 8.91. The van der Waals surface area contributed by atoms with Gasteiger partial charge in [0.15, 0.2) is 11.5 Å². The number of thioether (sulfide) groups is 1. The van der Waals surface area contributed by atoms with Gasteiger partial charge in [-0.25, -0.2) is 0 Å². The van der Waals surface area contributed by atoms with E-state index in [1.165, 1.54) is 51.3 Å². The van der Waals surface area contributed by atoms with Crippen LogP contribution < -0.4 is 30.2 Å². The SMILES string of the molecule is COc1cc(OC)c(OC)cc1/C=C(\NC(=O)c1ccccc1)C(=O)Nc1ccc(SC(C)C(=O)Nc2cc([N+](=O)[O-])ccc2C)cc1. The van der Waals surface area contributed by atoms with Gasteiger partial charge >= 0.3 is 0 Å². The lowest BCUT2D eigenvalue weighted by Gasteiger charge is -2.15. The number of nitrogens with zero attached hydrogens (tertiary/aromatic N) is 1. The fraction of sp³-hybridized carbons (Fsp3) is 0.171. The molecule has 0 aliphatic rings. The van der Waals surface area contributed by atoms with Gasteiger partial charge in [-0.05, 0) is 68.0 Å². The molecule has 12 nitrogen and oxygen atoms in total. The van der Waals surface area contributed by atoms with Gasteiger partial charge in [0.05, 0.1) is 37.2 Å². The predicted molar refractivity (Wildman–Crippen MR) is 185 cm³/mol. The molecule has 0 saturated heterocycles. The maximum atomic E-state index is 13.6. The van der Waals surface area contributed by atoms with Crippen molar-refractivity contribution < 1.29 is 33.5 Å². The largest absolute Gasteiger partial charge is 0.496 e. The summed E-state index contributed by atoms with van der Waals surface area (Å²) in [6, 6.07) is 22.8. The second-order valence-electron chi connectivity index (χ2n) is 10.3. The normalized spacial score (nSPS) is 11.6. The van der Waals surface area contributed by atoms with Crippen LogP contribution in [0.5, 0.6) is 17.2 Å². The lowest BCUT2D eigenvalue weighted by atomic mass is 10.1. The number of benzene rings is 4. The van der Waals surface area contributed by atoms with Gasteiger partial charge in [-0.15, -0.1) is 11.8 Å². The molecule has 0 bridgehead atoms. The molecule has 0 aliphatic heterocycles. The summed E-state index contributed by atoms with van der Waals surface area (Å²) in [6.07, 6.45) is 1.48. The number of ether oxygens (including phenoxy) is 3. The number of methoxy groups -OCH3 is 3. The van der Waals surface area contributed by atoms with Gasteiger partial charge in [-0.1, -0.05) is 24.3 Å². The standard InChI is InChI=1S/C35H34N4O8S/c1-21-11-14-26(39(43)44)19-28(21)37-33(40)22(2)48-27-15-12-25(13-16-27)36-35(42)29(38-34(41)23-9-7-6-8-10-23)17-24-18-31(46-4)32(47-5)20-30(24)45-3/h6-20,22H,1-5H3,(H,36,42)(H,37,40)(H,38,41)/b29-17-. The molecule has 0 radical (unpaired) electrons. The average Bonchev–Trinajstić information content (AvgIpc) is 3.09. The minimum Gasteiger partial charge on any atom is -0.496 e. The lowest BCUT2D eigenvalue weighted by molar-refractivity contribution is -0.384. The second-order valence-corrected chi connectivity index (χ2v) is 11.7. The predicted octanol–water partition coefficient (Wildman–Crippen LogP) is 6.46. The summed E-state index contributed by atoms with van der Waals surface area (Å²) in [5.41, 5.74) is 2.14. The second kappa shape index (κ2) is 16.1. The molecule has 0 aromatic heterocycles. The molecule has 1 unspecified atom stereocenters. The Bertz CT molecular complexity index is 1850. The molecule has 0 spiro atoms. The Morgan fingerprint density at radius 3 is 2.10 bits per heavy atom. The van der Waals surface area contributed by atoms with E-state index in [0.717, 1.165) is 4.90 Å². The van der Waals surface area contributed by atoms with E-state index >= 15 is 0 Å². The summed E-state index contributed by atoms with van der Waals surface area (Å²) in [7, 11) is 4.45. The van der Waals surface area contributed by atoms with Crippen LogP contribution in [0.15, 0.2) is 95.5 Å². The summed E-state index contributed by atoms with van der Waals surface area (Å²) in [4.78, 5) is 50.9. The number of carbonyl (C=O) groups excluding carboxylic acids is 3. The van der Waals surface area contributed by atoms with Crippen LogP contribution in [-0.2, 0) is 9.59 Å². The zero-order chi connectivity index (χ0) is 34.8. The van der Waals surface area contributed by atoms with Crippen molar-refractivity contribution in [2.75, 3.05) is 32.0 Å². The van der Waals surface area contributed by atoms with Gasteiger partial charge in [0.2, 0.25) is 5.91 Å². The Labute approximate surface area is 281 Å². The van der Waals surface area contributed by atoms with Crippen LogP contribution in [0.1, 0.15) is 28.4 Å². The van der Waals surface area contributed by atoms with Crippen LogP contribution in [0.3, 0.4) is 0 Å². The number of anilines is 2. The summed E-state index contributed by atoms with van der Waals surface area (Å²) in [5.74, 6) is -0.209. The quantitative estimate of drug-likeness (QED) is 0.0628. The van der Waals surface area contributed by atoms with Crippen molar-refractivity contribution >= 4 is 52.6 Å². The molecule has 0 fully saturated rings. The zero-order valence-electron chi connectivity index (χ0n) is 26.9. The number of hydrogen-bond acceptors (Lipinski definition) is 9. The first-order chi connectivity index (χ1) is 23.0. The number of nitro benzene ring substituents is 1. The molecule has 3 N–H and O–H groups in total. The number of nitrogens with one attached hydrogen (secondary N) is 3. The van der Waals surface area contributed by atoms with E-state index in [9.17, 15) is 24.5 Å². The Kier molecular flexibility index (Phi) is 11.8. The molecule has 248 valence electrons. The lowest BCUT2D eigenvalue weighted by Crippen LogP contribution is -2.30. The summed E-state index contributed by atoms with van der Waals surface area (Å²) in [5, 5.41) is 18.9. The molecule has 13 heteroatoms. The van der Waals surface area contributed by atoms with Crippen LogP contribution in [0.4, 0.5) is 17.1 Å². The fourth-order valence-corrected chi connectivity index (χ4v) is 5.30. The third-order valence-electron chi connectivity index (χ3n) is 7.05. The molecule has 0 saturated carbocycles. The van der Waals surface area contributed by atoms with Crippen molar-refractivity contribution in [3.63, 3.8) is 0 Å². The highest BCUT2D eigenvalue weighted by Crippen LogP contribution is 2.36. The Balaban J connectivity index is 1.52. The minimum absolute atomic E-state index is 0.0606. The highest BCUT2D eigenvalue weighted by Gasteiger charge is 2.20. The van der Waals surface area contributed by atoms with E-state index in [0.29, 0.717) is 45.3 Å². The topological polar surface area (TPSA) is 158 Å². The van der Waals surface area contributed by atoms with E-state index < -0.39 is 22.0 Å². The fourth-order valence-electron chi connectivity index (χ4n) is 4.43. The van der Waals surface area contributed by atoms with Crippen LogP contribution >= 0.6 is 11.8 Å². The van der Waals surface area contributed by atoms with Crippen molar-refractivity contribution in [3.05, 3.63) is 117 Å². The smallest absolute Gasteiger partial charge is 0.272 e. The molecule has 4 aromatic rings. The first-order valence-electron chi connectivity index (χ1n) is 14.5. The third-order valence-corrected chi connectivity index (χ3v) is 8.16. The summed E-state index contributed by atoms with van der Waals surface area (Å²) in [6.45, 7) is 3.47. The molecule has 4 aromatic carbocycles. The maximum Gasteiger partial charge on any atom is 0.272 e. The Morgan fingerprint density at radius 2 is 1.48 bits per heavy atom. The average molecular weight is 671 g/mol. The van der Waals surface area contributed by atoms with Gasteiger partial charge in [-0.2, -0.15) is 0 Å². The van der Waals surface area contributed by atoms with Crippen molar-refractivity contribution in [2.45, 2.75) is 24.0 Å². The summed E-state index contributed by atoms with van der Waals surface area (Å²) >= 11 is 1.28. The van der Waals surface area contributed by atoms with Crippen molar-refractivity contribution in [1.82, 2.24) is 5.32 Å².